The lowest BCUT2D eigenvalue weighted by atomic mass is 10.1. The first-order chi connectivity index (χ1) is 11.6. The minimum atomic E-state index is -0.407. The van der Waals surface area contributed by atoms with Crippen LogP contribution in [0.4, 0.5) is 0 Å². The molecule has 1 amide bonds. The highest BCUT2D eigenvalue weighted by molar-refractivity contribution is 7.21. The number of aryl methyl sites for hydroxylation is 1. The van der Waals surface area contributed by atoms with E-state index in [4.69, 9.17) is 4.42 Å². The van der Waals surface area contributed by atoms with Gasteiger partial charge in [-0.3, -0.25) is 4.79 Å². The molecule has 0 aliphatic heterocycles. The summed E-state index contributed by atoms with van der Waals surface area (Å²) in [4.78, 5) is 26.2. The molecule has 0 saturated carbocycles. The molecule has 0 fully saturated rings. The minimum Gasteiger partial charge on any atom is -0.422 e. The lowest BCUT2D eigenvalue weighted by Crippen LogP contribution is -2.21. The maximum absolute atomic E-state index is 12.4. The molecule has 4 aromatic rings. The van der Waals surface area contributed by atoms with E-state index in [1.165, 1.54) is 11.3 Å². The summed E-state index contributed by atoms with van der Waals surface area (Å²) < 4.78 is 6.16. The predicted octanol–water partition coefficient (Wildman–Crippen LogP) is 4.31. The van der Waals surface area contributed by atoms with E-state index >= 15 is 0 Å². The quantitative estimate of drug-likeness (QED) is 0.557. The molecule has 0 unspecified atom stereocenters. The highest BCUT2D eigenvalue weighted by Crippen LogP contribution is 2.31. The smallest absolute Gasteiger partial charge is 0.345 e. The number of carbonyl (C=O) groups is 1. The van der Waals surface area contributed by atoms with Crippen molar-refractivity contribution in [2.75, 3.05) is 0 Å². The fourth-order valence-electron chi connectivity index (χ4n) is 2.59. The van der Waals surface area contributed by atoms with Crippen LogP contribution in [0, 0.1) is 6.92 Å². The van der Waals surface area contributed by atoms with Gasteiger partial charge in [-0.25, -0.2) is 4.79 Å². The zero-order valence-electron chi connectivity index (χ0n) is 12.8. The molecule has 0 atom stereocenters. The molecule has 0 aliphatic carbocycles. The highest BCUT2D eigenvalue weighted by atomic mass is 32.1. The summed E-state index contributed by atoms with van der Waals surface area (Å²) in [5.41, 5.74) is 1.22. The van der Waals surface area contributed by atoms with Crippen LogP contribution in [-0.4, -0.2) is 5.91 Å². The second-order valence-electron chi connectivity index (χ2n) is 5.50. The van der Waals surface area contributed by atoms with Crippen LogP contribution in [0.3, 0.4) is 0 Å². The molecule has 24 heavy (non-hydrogen) atoms. The van der Waals surface area contributed by atoms with Gasteiger partial charge in [-0.2, -0.15) is 0 Å². The van der Waals surface area contributed by atoms with Gasteiger partial charge in [-0.05, 0) is 36.6 Å². The van der Waals surface area contributed by atoms with E-state index in [1.54, 1.807) is 23.5 Å². The largest absolute Gasteiger partial charge is 0.422 e. The van der Waals surface area contributed by atoms with Gasteiger partial charge in [0.2, 0.25) is 0 Å². The van der Waals surface area contributed by atoms with Gasteiger partial charge in [0, 0.05) is 10.3 Å². The third-order valence-corrected chi connectivity index (χ3v) is 5.80. The van der Waals surface area contributed by atoms with Crippen molar-refractivity contribution in [1.29, 1.82) is 0 Å². The van der Waals surface area contributed by atoms with Crippen LogP contribution >= 0.6 is 22.7 Å². The van der Waals surface area contributed by atoms with Gasteiger partial charge >= 0.3 is 5.63 Å². The Morgan fingerprint density at radius 2 is 2.08 bits per heavy atom. The molecule has 6 heteroatoms. The van der Waals surface area contributed by atoms with E-state index in [0.29, 0.717) is 22.4 Å². The van der Waals surface area contributed by atoms with Gasteiger partial charge in [-0.15, -0.1) is 22.7 Å². The molecule has 120 valence electrons. The first kappa shape index (κ1) is 15.1. The number of fused-ring (bicyclic) bond motifs is 3. The normalized spacial score (nSPS) is 11.2. The van der Waals surface area contributed by atoms with E-state index in [-0.39, 0.29) is 5.91 Å². The van der Waals surface area contributed by atoms with Crippen LogP contribution in [0.15, 0.2) is 51.0 Å². The summed E-state index contributed by atoms with van der Waals surface area (Å²) in [5, 5.41) is 6.19. The third kappa shape index (κ3) is 2.64. The van der Waals surface area contributed by atoms with Crippen molar-refractivity contribution in [1.82, 2.24) is 5.32 Å². The number of nitrogens with one attached hydrogen (secondary N) is 1. The summed E-state index contributed by atoms with van der Waals surface area (Å²) in [7, 11) is 0. The van der Waals surface area contributed by atoms with Gasteiger partial charge in [0.05, 0.1) is 21.5 Å². The van der Waals surface area contributed by atoms with Crippen molar-refractivity contribution >= 4 is 49.6 Å². The average Bonchev–Trinajstić information content (AvgIpc) is 3.23. The molecule has 4 nitrogen and oxygen atoms in total. The standard InChI is InChI=1S/C18H13NO3S2/c1-10-4-5-14-12(7-10)16-13(18(21)22-14)8-15(24-16)17(20)19-9-11-3-2-6-23-11/h2-8H,9H2,1H3,(H,19,20). The SMILES string of the molecule is Cc1ccc2oc(=O)c3cc(C(=O)NCc4cccs4)sc3c2c1. The Morgan fingerprint density at radius 1 is 1.21 bits per heavy atom. The summed E-state index contributed by atoms with van der Waals surface area (Å²) >= 11 is 2.92. The Morgan fingerprint density at radius 3 is 2.88 bits per heavy atom. The van der Waals surface area contributed by atoms with Crippen LogP contribution in [0.1, 0.15) is 20.1 Å². The first-order valence-corrected chi connectivity index (χ1v) is 9.09. The zero-order chi connectivity index (χ0) is 16.7. The molecule has 0 saturated heterocycles. The number of amides is 1. The van der Waals surface area contributed by atoms with Crippen molar-refractivity contribution in [2.24, 2.45) is 0 Å². The molecular formula is C18H13NO3S2. The first-order valence-electron chi connectivity index (χ1n) is 7.39. The highest BCUT2D eigenvalue weighted by Gasteiger charge is 2.16. The average molecular weight is 355 g/mol. The summed E-state index contributed by atoms with van der Waals surface area (Å²) in [6.45, 7) is 2.47. The molecule has 4 rings (SSSR count). The molecule has 1 N–H and O–H groups in total. The van der Waals surface area contributed by atoms with Gasteiger partial charge in [0.25, 0.3) is 5.91 Å². The van der Waals surface area contributed by atoms with Crippen LogP contribution in [-0.2, 0) is 6.54 Å². The second kappa shape index (κ2) is 5.89. The van der Waals surface area contributed by atoms with Crippen molar-refractivity contribution in [2.45, 2.75) is 13.5 Å². The second-order valence-corrected chi connectivity index (χ2v) is 7.59. The van der Waals surface area contributed by atoms with Crippen LogP contribution in [0.5, 0.6) is 0 Å². The maximum Gasteiger partial charge on any atom is 0.345 e. The Balaban J connectivity index is 1.75. The third-order valence-electron chi connectivity index (χ3n) is 3.76. The van der Waals surface area contributed by atoms with E-state index in [1.807, 2.05) is 36.6 Å². The number of rotatable bonds is 3. The summed E-state index contributed by atoms with van der Waals surface area (Å²) in [5.74, 6) is -0.176. The van der Waals surface area contributed by atoms with E-state index in [0.717, 1.165) is 20.5 Å². The van der Waals surface area contributed by atoms with Gasteiger partial charge in [0.1, 0.15) is 5.58 Å². The number of hydrogen-bond donors (Lipinski definition) is 1. The number of benzene rings is 1. The van der Waals surface area contributed by atoms with Gasteiger partial charge < -0.3 is 9.73 Å². The van der Waals surface area contributed by atoms with Crippen LogP contribution < -0.4 is 10.9 Å². The van der Waals surface area contributed by atoms with Crippen LogP contribution in [0.25, 0.3) is 21.1 Å². The number of thiophene rings is 2. The van der Waals surface area contributed by atoms with Gasteiger partial charge in [0.15, 0.2) is 0 Å². The van der Waals surface area contributed by atoms with E-state index in [9.17, 15) is 9.59 Å². The Labute approximate surface area is 145 Å². The van der Waals surface area contributed by atoms with Crippen molar-refractivity contribution in [3.8, 4) is 0 Å². The van der Waals surface area contributed by atoms with Crippen LogP contribution in [0.2, 0.25) is 0 Å². The topological polar surface area (TPSA) is 59.3 Å². The summed E-state index contributed by atoms with van der Waals surface area (Å²) in [6, 6.07) is 11.2. The fourth-order valence-corrected chi connectivity index (χ4v) is 4.32. The molecule has 1 aromatic carbocycles. The molecule has 0 radical (unpaired) electrons. The lowest BCUT2D eigenvalue weighted by molar-refractivity contribution is 0.0955. The number of carbonyl (C=O) groups excluding carboxylic acids is 1. The van der Waals surface area contributed by atoms with Crippen molar-refractivity contribution < 1.29 is 9.21 Å². The Bertz CT molecular complexity index is 1110. The molecule has 3 aromatic heterocycles. The Hall–Kier alpha value is -2.44. The monoisotopic (exact) mass is 355 g/mol. The van der Waals surface area contributed by atoms with Crippen molar-refractivity contribution in [3.63, 3.8) is 0 Å². The molecule has 0 bridgehead atoms. The summed E-state index contributed by atoms with van der Waals surface area (Å²) in [6.07, 6.45) is 0. The zero-order valence-corrected chi connectivity index (χ0v) is 14.4. The fraction of sp³-hybridized carbons (Fsp3) is 0.111. The molecular weight excluding hydrogens is 342 g/mol. The van der Waals surface area contributed by atoms with Crippen molar-refractivity contribution in [3.05, 3.63) is 67.5 Å². The van der Waals surface area contributed by atoms with Gasteiger partial charge in [-0.1, -0.05) is 17.7 Å². The van der Waals surface area contributed by atoms with E-state index < -0.39 is 5.63 Å². The Kier molecular flexibility index (Phi) is 3.70. The maximum atomic E-state index is 12.4. The minimum absolute atomic E-state index is 0.176. The molecule has 0 spiro atoms. The predicted molar refractivity (Wildman–Crippen MR) is 98.1 cm³/mol. The molecule has 3 heterocycles. The molecule has 0 aliphatic rings. The lowest BCUT2D eigenvalue weighted by Gasteiger charge is -2.00. The number of hydrogen-bond acceptors (Lipinski definition) is 5. The van der Waals surface area contributed by atoms with E-state index in [2.05, 4.69) is 5.32 Å².